The molecule has 6 heteroatoms. The van der Waals surface area contributed by atoms with E-state index in [0.29, 0.717) is 22.2 Å². The van der Waals surface area contributed by atoms with Crippen LogP contribution in [0.25, 0.3) is 0 Å². The second kappa shape index (κ2) is 4.43. The third-order valence-corrected chi connectivity index (χ3v) is 5.13. The average molecular weight is 280 g/mol. The number of rotatable bonds is 2. The molecule has 0 bridgehead atoms. The van der Waals surface area contributed by atoms with Gasteiger partial charge in [-0.05, 0) is 18.6 Å². The summed E-state index contributed by atoms with van der Waals surface area (Å²) in [6, 6.07) is 5.19. The lowest BCUT2D eigenvalue weighted by atomic mass is 10.2. The maximum Gasteiger partial charge on any atom is 0.152 e. The predicted octanol–water partition coefficient (Wildman–Crippen LogP) is 2.59. The van der Waals surface area contributed by atoms with E-state index in [1.165, 1.54) is 0 Å². The van der Waals surface area contributed by atoms with Gasteiger partial charge in [0.2, 0.25) is 0 Å². The van der Waals surface area contributed by atoms with Gasteiger partial charge in [0.15, 0.2) is 9.84 Å². The molecule has 88 valence electrons. The lowest BCUT2D eigenvalue weighted by Crippen LogP contribution is -2.20. The van der Waals surface area contributed by atoms with E-state index in [2.05, 4.69) is 5.32 Å². The van der Waals surface area contributed by atoms with Gasteiger partial charge < -0.3 is 5.32 Å². The summed E-state index contributed by atoms with van der Waals surface area (Å²) in [7, 11) is -2.88. The lowest BCUT2D eigenvalue weighted by molar-refractivity contribution is 0.602. The highest BCUT2D eigenvalue weighted by Crippen LogP contribution is 2.31. The van der Waals surface area contributed by atoms with Crippen LogP contribution in [0.15, 0.2) is 18.2 Å². The summed E-state index contributed by atoms with van der Waals surface area (Å²) in [4.78, 5) is 0. The molecule has 1 saturated heterocycles. The first kappa shape index (κ1) is 12.0. The number of hydrogen-bond donors (Lipinski definition) is 1. The van der Waals surface area contributed by atoms with Crippen LogP contribution in [0, 0.1) is 0 Å². The van der Waals surface area contributed by atoms with Crippen LogP contribution in [0.3, 0.4) is 0 Å². The fraction of sp³-hybridized carbons (Fsp3) is 0.400. The Bertz CT molecular complexity index is 502. The zero-order valence-electron chi connectivity index (χ0n) is 8.41. The first-order chi connectivity index (χ1) is 7.48. The molecule has 1 aromatic rings. The highest BCUT2D eigenvalue weighted by Gasteiger charge is 2.28. The quantitative estimate of drug-likeness (QED) is 0.905. The Kier molecular flexibility index (Phi) is 3.33. The number of anilines is 1. The molecule has 1 heterocycles. The van der Waals surface area contributed by atoms with Gasteiger partial charge in [0, 0.05) is 6.04 Å². The van der Waals surface area contributed by atoms with Gasteiger partial charge in [0.1, 0.15) is 0 Å². The second-order valence-electron chi connectivity index (χ2n) is 3.85. The minimum Gasteiger partial charge on any atom is -0.380 e. The number of benzene rings is 1. The molecule has 0 saturated carbocycles. The van der Waals surface area contributed by atoms with Gasteiger partial charge in [-0.1, -0.05) is 29.3 Å². The minimum absolute atomic E-state index is 0.0685. The third-order valence-electron chi connectivity index (χ3n) is 2.54. The van der Waals surface area contributed by atoms with E-state index in [1.54, 1.807) is 18.2 Å². The summed E-state index contributed by atoms with van der Waals surface area (Å²) in [5.41, 5.74) is 0.691. The highest BCUT2D eigenvalue weighted by molar-refractivity contribution is 7.91. The lowest BCUT2D eigenvalue weighted by Gasteiger charge is -2.14. The zero-order chi connectivity index (χ0) is 11.8. The minimum atomic E-state index is -2.88. The van der Waals surface area contributed by atoms with E-state index in [4.69, 9.17) is 23.2 Å². The highest BCUT2D eigenvalue weighted by atomic mass is 35.5. The van der Waals surface area contributed by atoms with Crippen LogP contribution in [0.1, 0.15) is 6.42 Å². The predicted molar refractivity (Wildman–Crippen MR) is 67.1 cm³/mol. The molecule has 1 aliphatic rings. The molecule has 1 atom stereocenters. The van der Waals surface area contributed by atoms with Crippen molar-refractivity contribution in [2.45, 2.75) is 12.5 Å². The fourth-order valence-corrected chi connectivity index (χ4v) is 3.77. The second-order valence-corrected chi connectivity index (χ2v) is 6.86. The standard InChI is InChI=1S/C10H11Cl2NO2S/c11-8-2-1-3-9(10(8)12)13-7-4-5-16(14,15)6-7/h1-3,7,13H,4-6H2. The van der Waals surface area contributed by atoms with Gasteiger partial charge in [-0.15, -0.1) is 0 Å². The van der Waals surface area contributed by atoms with Gasteiger partial charge in [-0.3, -0.25) is 0 Å². The van der Waals surface area contributed by atoms with E-state index < -0.39 is 9.84 Å². The number of hydrogen-bond acceptors (Lipinski definition) is 3. The summed E-state index contributed by atoms with van der Waals surface area (Å²) in [6.07, 6.45) is 0.616. The molecule has 3 nitrogen and oxygen atoms in total. The van der Waals surface area contributed by atoms with Gasteiger partial charge in [-0.25, -0.2) is 8.42 Å². The summed E-state index contributed by atoms with van der Waals surface area (Å²) in [5, 5.41) is 4.01. The first-order valence-electron chi connectivity index (χ1n) is 4.89. The Hall–Kier alpha value is -0.450. The Morgan fingerprint density at radius 2 is 2.06 bits per heavy atom. The Morgan fingerprint density at radius 3 is 2.69 bits per heavy atom. The fourth-order valence-electron chi connectivity index (χ4n) is 1.74. The monoisotopic (exact) mass is 279 g/mol. The zero-order valence-corrected chi connectivity index (χ0v) is 10.7. The average Bonchev–Trinajstić information content (AvgIpc) is 2.53. The van der Waals surface area contributed by atoms with Crippen LogP contribution in [-0.4, -0.2) is 26.0 Å². The van der Waals surface area contributed by atoms with Crippen molar-refractivity contribution in [3.8, 4) is 0 Å². The first-order valence-corrected chi connectivity index (χ1v) is 7.47. The van der Waals surface area contributed by atoms with Crippen LogP contribution in [0.5, 0.6) is 0 Å². The van der Waals surface area contributed by atoms with E-state index >= 15 is 0 Å². The molecular formula is C10H11Cl2NO2S. The van der Waals surface area contributed by atoms with Crippen molar-refractivity contribution >= 4 is 38.7 Å². The van der Waals surface area contributed by atoms with Crippen molar-refractivity contribution in [2.75, 3.05) is 16.8 Å². The molecule has 0 aromatic heterocycles. The summed E-state index contributed by atoms with van der Waals surface area (Å²) in [6.45, 7) is 0. The van der Waals surface area contributed by atoms with Crippen molar-refractivity contribution in [1.82, 2.24) is 0 Å². The van der Waals surface area contributed by atoms with Crippen molar-refractivity contribution in [2.24, 2.45) is 0 Å². The van der Waals surface area contributed by atoms with Crippen LogP contribution in [-0.2, 0) is 9.84 Å². The normalized spacial score (nSPS) is 23.2. The molecule has 0 amide bonds. The Labute approximate surface area is 105 Å². The number of sulfone groups is 1. The molecular weight excluding hydrogens is 269 g/mol. The van der Waals surface area contributed by atoms with E-state index in [0.717, 1.165) is 0 Å². The molecule has 16 heavy (non-hydrogen) atoms. The van der Waals surface area contributed by atoms with E-state index in [9.17, 15) is 8.42 Å². The molecule has 2 rings (SSSR count). The summed E-state index contributed by atoms with van der Waals surface area (Å²) in [5.74, 6) is 0.401. The number of nitrogens with one attached hydrogen (secondary N) is 1. The summed E-state index contributed by atoms with van der Waals surface area (Å²) < 4.78 is 22.6. The molecule has 0 radical (unpaired) electrons. The van der Waals surface area contributed by atoms with Gasteiger partial charge in [0.05, 0.1) is 27.2 Å². The van der Waals surface area contributed by atoms with Crippen LogP contribution in [0.4, 0.5) is 5.69 Å². The maximum absolute atomic E-state index is 11.3. The molecule has 1 aliphatic heterocycles. The third kappa shape index (κ3) is 2.62. The SMILES string of the molecule is O=S1(=O)CCC(Nc2cccc(Cl)c2Cl)C1. The molecule has 1 fully saturated rings. The van der Waals surface area contributed by atoms with Crippen molar-refractivity contribution in [3.05, 3.63) is 28.2 Å². The molecule has 1 unspecified atom stereocenters. The van der Waals surface area contributed by atoms with Crippen LogP contribution >= 0.6 is 23.2 Å². The summed E-state index contributed by atoms with van der Waals surface area (Å²) >= 11 is 11.9. The van der Waals surface area contributed by atoms with Crippen LogP contribution < -0.4 is 5.32 Å². The molecule has 0 spiro atoms. The Morgan fingerprint density at radius 1 is 1.31 bits per heavy atom. The smallest absolute Gasteiger partial charge is 0.152 e. The van der Waals surface area contributed by atoms with Crippen molar-refractivity contribution < 1.29 is 8.42 Å². The van der Waals surface area contributed by atoms with E-state index in [-0.39, 0.29) is 17.5 Å². The number of halogens is 2. The molecule has 1 N–H and O–H groups in total. The van der Waals surface area contributed by atoms with E-state index in [1.807, 2.05) is 0 Å². The largest absolute Gasteiger partial charge is 0.380 e. The maximum atomic E-state index is 11.3. The van der Waals surface area contributed by atoms with Crippen molar-refractivity contribution in [3.63, 3.8) is 0 Å². The van der Waals surface area contributed by atoms with Crippen molar-refractivity contribution in [1.29, 1.82) is 0 Å². The Balaban J connectivity index is 2.14. The van der Waals surface area contributed by atoms with Gasteiger partial charge in [-0.2, -0.15) is 0 Å². The topological polar surface area (TPSA) is 46.2 Å². The van der Waals surface area contributed by atoms with Gasteiger partial charge >= 0.3 is 0 Å². The molecule has 1 aromatic carbocycles. The van der Waals surface area contributed by atoms with Crippen LogP contribution in [0.2, 0.25) is 10.0 Å². The molecule has 0 aliphatic carbocycles. The van der Waals surface area contributed by atoms with Gasteiger partial charge in [0.25, 0.3) is 0 Å².